The van der Waals surface area contributed by atoms with Crippen LogP contribution in [0.25, 0.3) is 0 Å². The lowest BCUT2D eigenvalue weighted by Crippen LogP contribution is -2.48. The smallest absolute Gasteiger partial charge is 0.249 e. The van der Waals surface area contributed by atoms with Gasteiger partial charge >= 0.3 is 0 Å². The third-order valence-electron chi connectivity index (χ3n) is 3.91. The monoisotopic (exact) mass is 240 g/mol. The first-order chi connectivity index (χ1) is 8.20. The Balaban J connectivity index is 1.81. The van der Waals surface area contributed by atoms with Crippen LogP contribution in [0, 0.1) is 0 Å². The van der Waals surface area contributed by atoms with Crippen molar-refractivity contribution >= 4 is 5.91 Å². The summed E-state index contributed by atoms with van der Waals surface area (Å²) in [5.74, 6) is 0.0434. The molecule has 1 saturated carbocycles. The van der Waals surface area contributed by atoms with Gasteiger partial charge in [-0.15, -0.1) is 0 Å². The summed E-state index contributed by atoms with van der Waals surface area (Å²) in [6.45, 7) is 1.32. The van der Waals surface area contributed by atoms with E-state index in [-0.39, 0.29) is 17.6 Å². The van der Waals surface area contributed by atoms with Gasteiger partial charge in [-0.05, 0) is 32.1 Å². The maximum Gasteiger partial charge on any atom is 0.249 e. The summed E-state index contributed by atoms with van der Waals surface area (Å²) >= 11 is 0. The molecule has 1 saturated heterocycles. The number of rotatable bonds is 3. The summed E-state index contributed by atoms with van der Waals surface area (Å²) < 4.78 is 5.78. The van der Waals surface area contributed by atoms with Gasteiger partial charge in [0.2, 0.25) is 5.91 Å². The second-order valence-electron chi connectivity index (χ2n) is 5.51. The summed E-state index contributed by atoms with van der Waals surface area (Å²) in [6, 6.07) is 0. The average molecular weight is 240 g/mol. The molecule has 17 heavy (non-hydrogen) atoms. The molecule has 0 aromatic heterocycles. The van der Waals surface area contributed by atoms with Crippen LogP contribution in [0.2, 0.25) is 0 Å². The number of hydrogen-bond acceptors (Lipinski definition) is 3. The third kappa shape index (κ3) is 3.68. The van der Waals surface area contributed by atoms with E-state index < -0.39 is 0 Å². The Labute approximate surface area is 103 Å². The van der Waals surface area contributed by atoms with E-state index in [1.165, 1.54) is 19.3 Å². The van der Waals surface area contributed by atoms with Crippen LogP contribution in [0.15, 0.2) is 0 Å². The number of carbonyl (C=O) groups excluding carboxylic acids is 1. The summed E-state index contributed by atoms with van der Waals surface area (Å²) in [5.41, 5.74) is 6.11. The van der Waals surface area contributed by atoms with Gasteiger partial charge in [0.1, 0.15) is 6.10 Å². The van der Waals surface area contributed by atoms with Crippen LogP contribution >= 0.6 is 0 Å². The first kappa shape index (κ1) is 12.8. The van der Waals surface area contributed by atoms with Gasteiger partial charge in [0, 0.05) is 12.1 Å². The van der Waals surface area contributed by atoms with Crippen molar-refractivity contribution in [3.05, 3.63) is 0 Å². The van der Waals surface area contributed by atoms with Crippen LogP contribution in [-0.2, 0) is 9.53 Å². The topological polar surface area (TPSA) is 64.3 Å². The van der Waals surface area contributed by atoms with Crippen molar-refractivity contribution in [3.8, 4) is 0 Å². The lowest BCUT2D eigenvalue weighted by atomic mass is 9.83. The number of nitrogens with two attached hydrogens (primary N) is 1. The largest absolute Gasteiger partial charge is 0.366 e. The Morgan fingerprint density at radius 1 is 1.24 bits per heavy atom. The molecule has 2 rings (SSSR count). The Morgan fingerprint density at radius 2 is 2.00 bits per heavy atom. The molecule has 0 bridgehead atoms. The minimum atomic E-state index is -0.278. The highest BCUT2D eigenvalue weighted by Crippen LogP contribution is 2.26. The minimum Gasteiger partial charge on any atom is -0.366 e. The minimum absolute atomic E-state index is 0.0434. The Morgan fingerprint density at radius 3 is 2.76 bits per heavy atom. The number of hydrogen-bond donors (Lipinski definition) is 2. The van der Waals surface area contributed by atoms with Crippen molar-refractivity contribution in [1.82, 2.24) is 5.32 Å². The molecule has 1 amide bonds. The van der Waals surface area contributed by atoms with Gasteiger partial charge in [0.05, 0.1) is 6.61 Å². The van der Waals surface area contributed by atoms with E-state index in [1.807, 2.05) is 0 Å². The molecular formula is C13H24N2O2. The van der Waals surface area contributed by atoms with Crippen molar-refractivity contribution in [3.63, 3.8) is 0 Å². The van der Waals surface area contributed by atoms with Crippen molar-refractivity contribution < 1.29 is 9.53 Å². The fraction of sp³-hybridized carbons (Fsp3) is 0.923. The maximum absolute atomic E-state index is 11.7. The van der Waals surface area contributed by atoms with E-state index in [4.69, 9.17) is 10.5 Å². The van der Waals surface area contributed by atoms with Crippen molar-refractivity contribution in [1.29, 1.82) is 0 Å². The molecule has 0 aromatic carbocycles. The molecule has 1 unspecified atom stereocenters. The van der Waals surface area contributed by atoms with Gasteiger partial charge in [0.25, 0.3) is 0 Å². The second kappa shape index (κ2) is 5.83. The van der Waals surface area contributed by atoms with Crippen LogP contribution in [0.3, 0.4) is 0 Å². The molecule has 1 aliphatic heterocycles. The van der Waals surface area contributed by atoms with E-state index in [0.29, 0.717) is 6.61 Å². The van der Waals surface area contributed by atoms with Crippen molar-refractivity contribution in [2.45, 2.75) is 63.0 Å². The fourth-order valence-electron chi connectivity index (χ4n) is 2.74. The molecule has 2 aliphatic rings. The van der Waals surface area contributed by atoms with Gasteiger partial charge in [-0.25, -0.2) is 0 Å². The predicted molar refractivity (Wildman–Crippen MR) is 66.6 cm³/mol. The molecule has 3 N–H and O–H groups in total. The number of nitrogens with one attached hydrogen (secondary N) is 1. The summed E-state index contributed by atoms with van der Waals surface area (Å²) in [6.07, 6.45) is 8.39. The molecule has 0 aromatic rings. The number of carbonyl (C=O) groups is 1. The second-order valence-corrected chi connectivity index (χ2v) is 5.51. The first-order valence-electron chi connectivity index (χ1n) is 6.88. The van der Waals surface area contributed by atoms with Gasteiger partial charge in [0.15, 0.2) is 0 Å². The zero-order chi connectivity index (χ0) is 12.1. The zero-order valence-corrected chi connectivity index (χ0v) is 10.5. The molecule has 1 atom stereocenters. The van der Waals surface area contributed by atoms with E-state index in [1.54, 1.807) is 0 Å². The average Bonchev–Trinajstić information content (AvgIpc) is 2.53. The Hall–Kier alpha value is -0.610. The first-order valence-corrected chi connectivity index (χ1v) is 6.88. The molecule has 98 valence electrons. The van der Waals surface area contributed by atoms with E-state index in [9.17, 15) is 4.79 Å². The van der Waals surface area contributed by atoms with Crippen LogP contribution < -0.4 is 11.1 Å². The molecule has 4 heteroatoms. The Kier molecular flexibility index (Phi) is 4.40. The molecular weight excluding hydrogens is 216 g/mol. The summed E-state index contributed by atoms with van der Waals surface area (Å²) in [5, 5.41) is 2.89. The van der Waals surface area contributed by atoms with Gasteiger partial charge in [-0.2, -0.15) is 0 Å². The van der Waals surface area contributed by atoms with Gasteiger partial charge in [-0.3, -0.25) is 4.79 Å². The highest BCUT2D eigenvalue weighted by atomic mass is 16.5. The lowest BCUT2D eigenvalue weighted by molar-refractivity contribution is -0.134. The van der Waals surface area contributed by atoms with E-state index in [2.05, 4.69) is 5.32 Å². The van der Waals surface area contributed by atoms with E-state index in [0.717, 1.165) is 38.6 Å². The molecule has 2 fully saturated rings. The van der Waals surface area contributed by atoms with Crippen LogP contribution in [0.4, 0.5) is 0 Å². The summed E-state index contributed by atoms with van der Waals surface area (Å²) in [4.78, 5) is 11.7. The molecule has 1 heterocycles. The van der Waals surface area contributed by atoms with Crippen molar-refractivity contribution in [2.75, 3.05) is 13.2 Å². The SMILES string of the molecule is NC1(COC2CCCCNC2=O)CCCCC1. The third-order valence-corrected chi connectivity index (χ3v) is 3.91. The normalized spacial score (nSPS) is 29.5. The van der Waals surface area contributed by atoms with E-state index >= 15 is 0 Å². The Bertz CT molecular complexity index is 262. The van der Waals surface area contributed by atoms with Crippen molar-refractivity contribution in [2.24, 2.45) is 5.73 Å². The summed E-state index contributed by atoms with van der Waals surface area (Å²) in [7, 11) is 0. The van der Waals surface area contributed by atoms with Crippen LogP contribution in [0.1, 0.15) is 51.4 Å². The lowest BCUT2D eigenvalue weighted by Gasteiger charge is -2.34. The van der Waals surface area contributed by atoms with Crippen LogP contribution in [0.5, 0.6) is 0 Å². The maximum atomic E-state index is 11.7. The zero-order valence-electron chi connectivity index (χ0n) is 10.5. The van der Waals surface area contributed by atoms with Crippen LogP contribution in [-0.4, -0.2) is 30.7 Å². The highest BCUT2D eigenvalue weighted by molar-refractivity contribution is 5.80. The highest BCUT2D eigenvalue weighted by Gasteiger charge is 2.30. The quantitative estimate of drug-likeness (QED) is 0.782. The molecule has 0 radical (unpaired) electrons. The molecule has 4 nitrogen and oxygen atoms in total. The van der Waals surface area contributed by atoms with Gasteiger partial charge in [-0.1, -0.05) is 19.3 Å². The number of ether oxygens (including phenoxy) is 1. The fourth-order valence-corrected chi connectivity index (χ4v) is 2.74. The molecule has 1 aliphatic carbocycles. The number of amides is 1. The van der Waals surface area contributed by atoms with Gasteiger partial charge < -0.3 is 15.8 Å². The standard InChI is InChI=1S/C13H24N2O2/c14-13(7-3-1-4-8-13)10-17-11-6-2-5-9-15-12(11)16/h11H,1-10,14H2,(H,15,16). The molecule has 0 spiro atoms. The predicted octanol–water partition coefficient (Wildman–Crippen LogP) is 1.33.